The van der Waals surface area contributed by atoms with E-state index in [9.17, 15) is 9.59 Å². The third kappa shape index (κ3) is 3.32. The molecule has 0 bridgehead atoms. The Hall–Kier alpha value is -2.24. The lowest BCUT2D eigenvalue weighted by molar-refractivity contribution is -0.122. The lowest BCUT2D eigenvalue weighted by Gasteiger charge is -2.16. The van der Waals surface area contributed by atoms with Crippen molar-refractivity contribution in [3.63, 3.8) is 0 Å². The molecule has 7 heteroatoms. The van der Waals surface area contributed by atoms with Crippen LogP contribution in [-0.4, -0.2) is 18.4 Å². The summed E-state index contributed by atoms with van der Waals surface area (Å²) in [6.07, 6.45) is 0.164. The largest absolute Gasteiger partial charge is 0.396 e. The van der Waals surface area contributed by atoms with Crippen LogP contribution in [-0.2, 0) is 9.59 Å². The van der Waals surface area contributed by atoms with Gasteiger partial charge in [0.2, 0.25) is 11.8 Å². The SMILES string of the molecule is Nc1c(Cl)cc(NC(=O)C2CC(=O)N(c3ccccc3)C2)cc1Cl. The number of halogens is 2. The molecule has 24 heavy (non-hydrogen) atoms. The molecular weight excluding hydrogens is 349 g/mol. The molecule has 3 rings (SSSR count). The fourth-order valence-electron chi connectivity index (χ4n) is 2.64. The highest BCUT2D eigenvalue weighted by molar-refractivity contribution is 6.39. The van der Waals surface area contributed by atoms with Gasteiger partial charge in [0, 0.05) is 24.3 Å². The fraction of sp³-hybridized carbons (Fsp3) is 0.176. The quantitative estimate of drug-likeness (QED) is 0.818. The molecule has 1 unspecified atom stereocenters. The van der Waals surface area contributed by atoms with Gasteiger partial charge in [-0.25, -0.2) is 0 Å². The molecule has 0 aromatic heterocycles. The molecule has 5 nitrogen and oxygen atoms in total. The maximum absolute atomic E-state index is 12.4. The Balaban J connectivity index is 1.72. The number of nitrogens with one attached hydrogen (secondary N) is 1. The second-order valence-corrected chi connectivity index (χ2v) is 6.40. The number of nitrogens with two attached hydrogens (primary N) is 1. The van der Waals surface area contributed by atoms with Gasteiger partial charge >= 0.3 is 0 Å². The van der Waals surface area contributed by atoms with Gasteiger partial charge in [-0.15, -0.1) is 0 Å². The molecular formula is C17H15Cl2N3O2. The summed E-state index contributed by atoms with van der Waals surface area (Å²) in [6.45, 7) is 0.338. The van der Waals surface area contributed by atoms with Gasteiger partial charge in [-0.3, -0.25) is 9.59 Å². The Labute approximate surface area is 149 Å². The lowest BCUT2D eigenvalue weighted by Crippen LogP contribution is -2.28. The maximum atomic E-state index is 12.4. The predicted molar refractivity (Wildman–Crippen MR) is 96.4 cm³/mol. The Bertz CT molecular complexity index is 773. The van der Waals surface area contributed by atoms with E-state index in [-0.39, 0.29) is 34.0 Å². The van der Waals surface area contributed by atoms with Crippen LogP contribution >= 0.6 is 23.2 Å². The van der Waals surface area contributed by atoms with Crippen LogP contribution in [0.3, 0.4) is 0 Å². The van der Waals surface area contributed by atoms with Crippen molar-refractivity contribution in [2.45, 2.75) is 6.42 Å². The van der Waals surface area contributed by atoms with Crippen molar-refractivity contribution in [3.8, 4) is 0 Å². The smallest absolute Gasteiger partial charge is 0.229 e. The van der Waals surface area contributed by atoms with E-state index in [1.807, 2.05) is 30.3 Å². The number of anilines is 3. The predicted octanol–water partition coefficient (Wildman–Crippen LogP) is 3.57. The van der Waals surface area contributed by atoms with Crippen LogP contribution < -0.4 is 16.0 Å². The molecule has 0 spiro atoms. The van der Waals surface area contributed by atoms with E-state index in [1.54, 1.807) is 4.90 Å². The van der Waals surface area contributed by atoms with E-state index in [4.69, 9.17) is 28.9 Å². The molecule has 1 heterocycles. The Morgan fingerprint density at radius 1 is 1.17 bits per heavy atom. The van der Waals surface area contributed by atoms with Gasteiger partial charge in [0.15, 0.2) is 0 Å². The molecule has 1 aliphatic heterocycles. The summed E-state index contributed by atoms with van der Waals surface area (Å²) in [7, 11) is 0. The average Bonchev–Trinajstić information content (AvgIpc) is 2.95. The molecule has 0 aliphatic carbocycles. The zero-order valence-electron chi connectivity index (χ0n) is 12.6. The molecule has 2 aromatic carbocycles. The minimum atomic E-state index is -0.437. The number of hydrogen-bond donors (Lipinski definition) is 2. The Kier molecular flexibility index (Phi) is 4.64. The van der Waals surface area contributed by atoms with Gasteiger partial charge in [0.1, 0.15) is 0 Å². The number of nitrogens with zero attached hydrogens (tertiary/aromatic N) is 1. The minimum absolute atomic E-state index is 0.0743. The Morgan fingerprint density at radius 3 is 2.42 bits per heavy atom. The Morgan fingerprint density at radius 2 is 1.79 bits per heavy atom. The van der Waals surface area contributed by atoms with E-state index >= 15 is 0 Å². The minimum Gasteiger partial charge on any atom is -0.396 e. The summed E-state index contributed by atoms with van der Waals surface area (Å²) in [5.41, 5.74) is 7.18. The first kappa shape index (κ1) is 16.6. The van der Waals surface area contributed by atoms with Crippen LogP contribution in [0.4, 0.5) is 17.1 Å². The number of carbonyl (C=O) groups is 2. The number of hydrogen-bond acceptors (Lipinski definition) is 3. The number of para-hydroxylation sites is 1. The van der Waals surface area contributed by atoms with Crippen molar-refractivity contribution in [1.82, 2.24) is 0 Å². The molecule has 3 N–H and O–H groups in total. The van der Waals surface area contributed by atoms with E-state index < -0.39 is 5.92 Å². The van der Waals surface area contributed by atoms with E-state index in [2.05, 4.69) is 5.32 Å². The standard InChI is InChI=1S/C17H15Cl2N3O2/c18-13-7-11(8-14(19)16(13)20)21-17(24)10-6-15(23)22(9-10)12-4-2-1-3-5-12/h1-5,7-8,10H,6,9,20H2,(H,21,24). The van der Waals surface area contributed by atoms with Crippen LogP contribution in [0.25, 0.3) is 0 Å². The summed E-state index contributed by atoms with van der Waals surface area (Å²) in [5, 5.41) is 3.28. The van der Waals surface area contributed by atoms with Crippen molar-refractivity contribution in [2.75, 3.05) is 22.5 Å². The first-order valence-corrected chi connectivity index (χ1v) is 8.12. The van der Waals surface area contributed by atoms with E-state index in [0.717, 1.165) is 5.69 Å². The molecule has 0 radical (unpaired) electrons. The average molecular weight is 364 g/mol. The van der Waals surface area contributed by atoms with Crippen LogP contribution in [0.2, 0.25) is 10.0 Å². The van der Waals surface area contributed by atoms with Crippen molar-refractivity contribution >= 4 is 52.1 Å². The number of amides is 2. The van der Waals surface area contributed by atoms with Crippen molar-refractivity contribution in [2.24, 2.45) is 5.92 Å². The number of rotatable bonds is 3. The zero-order chi connectivity index (χ0) is 17.3. The highest BCUT2D eigenvalue weighted by Gasteiger charge is 2.35. The van der Waals surface area contributed by atoms with Gasteiger partial charge in [-0.05, 0) is 24.3 Å². The molecule has 124 valence electrons. The summed E-state index contributed by atoms with van der Waals surface area (Å²) >= 11 is 11.9. The number of benzene rings is 2. The van der Waals surface area contributed by atoms with Crippen LogP contribution in [0.1, 0.15) is 6.42 Å². The number of nitrogen functional groups attached to an aromatic ring is 1. The fourth-order valence-corrected chi connectivity index (χ4v) is 3.13. The third-order valence-electron chi connectivity index (χ3n) is 3.91. The monoisotopic (exact) mass is 363 g/mol. The molecule has 0 saturated carbocycles. The van der Waals surface area contributed by atoms with Gasteiger partial charge in [-0.2, -0.15) is 0 Å². The highest BCUT2D eigenvalue weighted by atomic mass is 35.5. The first-order valence-electron chi connectivity index (χ1n) is 7.36. The van der Waals surface area contributed by atoms with Crippen LogP contribution in [0.15, 0.2) is 42.5 Å². The molecule has 1 saturated heterocycles. The summed E-state index contributed by atoms with van der Waals surface area (Å²) < 4.78 is 0. The lowest BCUT2D eigenvalue weighted by atomic mass is 10.1. The summed E-state index contributed by atoms with van der Waals surface area (Å²) in [5.74, 6) is -0.763. The second kappa shape index (κ2) is 6.71. The van der Waals surface area contributed by atoms with Crippen molar-refractivity contribution in [1.29, 1.82) is 0 Å². The molecule has 1 fully saturated rings. The summed E-state index contributed by atoms with van der Waals surface area (Å²) in [6, 6.07) is 12.3. The molecule has 2 amide bonds. The van der Waals surface area contributed by atoms with E-state index in [0.29, 0.717) is 12.2 Å². The summed E-state index contributed by atoms with van der Waals surface area (Å²) in [4.78, 5) is 26.2. The topological polar surface area (TPSA) is 75.4 Å². The van der Waals surface area contributed by atoms with Crippen LogP contribution in [0, 0.1) is 5.92 Å². The van der Waals surface area contributed by atoms with Crippen molar-refractivity contribution < 1.29 is 9.59 Å². The van der Waals surface area contributed by atoms with Gasteiger partial charge in [-0.1, -0.05) is 41.4 Å². The third-order valence-corrected chi connectivity index (χ3v) is 4.54. The molecule has 1 aliphatic rings. The molecule has 1 atom stereocenters. The van der Waals surface area contributed by atoms with Gasteiger partial charge in [0.25, 0.3) is 0 Å². The zero-order valence-corrected chi connectivity index (χ0v) is 14.1. The maximum Gasteiger partial charge on any atom is 0.229 e. The second-order valence-electron chi connectivity index (χ2n) is 5.58. The number of carbonyl (C=O) groups excluding carboxylic acids is 2. The first-order chi connectivity index (χ1) is 11.5. The molecule has 2 aromatic rings. The van der Waals surface area contributed by atoms with Crippen LogP contribution in [0.5, 0.6) is 0 Å². The van der Waals surface area contributed by atoms with E-state index in [1.165, 1.54) is 12.1 Å². The van der Waals surface area contributed by atoms with Gasteiger partial charge < -0.3 is 16.0 Å². The highest BCUT2D eigenvalue weighted by Crippen LogP contribution is 2.32. The van der Waals surface area contributed by atoms with Crippen molar-refractivity contribution in [3.05, 3.63) is 52.5 Å². The normalized spacial score (nSPS) is 17.2. The van der Waals surface area contributed by atoms with Gasteiger partial charge in [0.05, 0.1) is 21.7 Å².